The molecule has 5 rings (SSSR count). The van der Waals surface area contributed by atoms with Gasteiger partial charge in [0, 0.05) is 5.92 Å². The minimum absolute atomic E-state index is 0.205. The lowest BCUT2D eigenvalue weighted by molar-refractivity contribution is 0.498. The highest BCUT2D eigenvalue weighted by molar-refractivity contribution is 5.59. The predicted molar refractivity (Wildman–Crippen MR) is 158 cm³/mol. The Balaban J connectivity index is 1.87. The number of hydrogen-bond acceptors (Lipinski definition) is 0. The highest BCUT2D eigenvalue weighted by Crippen LogP contribution is 2.51. The summed E-state index contributed by atoms with van der Waals surface area (Å²) in [6.45, 7) is 13.4. The molecular weight excluding hydrogens is 444 g/mol. The minimum atomic E-state index is -0.349. The largest absolute Gasteiger partial charge is 0.0758 e. The van der Waals surface area contributed by atoms with Gasteiger partial charge in [-0.05, 0) is 70.2 Å². The smallest absolute Gasteiger partial charge is 0.0551 e. The van der Waals surface area contributed by atoms with Crippen LogP contribution in [0.3, 0.4) is 0 Å². The molecule has 0 aromatic heterocycles. The molecule has 4 aromatic carbocycles. The Morgan fingerprint density at radius 1 is 0.541 bits per heavy atom. The maximum Gasteiger partial charge on any atom is 0.0551 e. The first-order valence-corrected chi connectivity index (χ1v) is 13.4. The molecule has 1 atom stereocenters. The average molecular weight is 483 g/mol. The summed E-state index contributed by atoms with van der Waals surface area (Å²) in [7, 11) is 0. The molecule has 0 spiro atoms. The summed E-state index contributed by atoms with van der Waals surface area (Å²) in [5.41, 5.74) is 14.4. The normalized spacial score (nSPS) is 15.2. The van der Waals surface area contributed by atoms with Gasteiger partial charge in [-0.3, -0.25) is 0 Å². The number of allylic oxidation sites excluding steroid dienone is 4. The van der Waals surface area contributed by atoms with Crippen LogP contribution in [0.4, 0.5) is 0 Å². The van der Waals surface area contributed by atoms with Crippen LogP contribution in [0.25, 0.3) is 0 Å². The second-order valence-corrected chi connectivity index (χ2v) is 11.2. The first-order chi connectivity index (χ1) is 17.8. The summed E-state index contributed by atoms with van der Waals surface area (Å²) in [6.07, 6.45) is 8.04. The van der Waals surface area contributed by atoms with Crippen molar-refractivity contribution in [3.63, 3.8) is 0 Å². The van der Waals surface area contributed by atoms with Crippen molar-refractivity contribution in [2.75, 3.05) is 0 Å². The van der Waals surface area contributed by atoms with Crippen LogP contribution in [0, 0.1) is 47.5 Å². The summed E-state index contributed by atoms with van der Waals surface area (Å²) >= 11 is 0. The van der Waals surface area contributed by atoms with E-state index in [2.05, 4.69) is 145 Å². The fraction of sp³-hybridized carbons (Fsp3) is 0.243. The lowest BCUT2D eigenvalue weighted by atomic mass is 9.59. The SMILES string of the molecule is Cc1cc(C)cc(C(c2cc(C)cc(C)c2)(c2cc(C)cc(C)c2)C2C=CC=C2Cc2ccccc2)c1. The topological polar surface area (TPSA) is 0 Å². The third-order valence-corrected chi connectivity index (χ3v) is 7.76. The molecule has 0 aliphatic heterocycles. The summed E-state index contributed by atoms with van der Waals surface area (Å²) in [5.74, 6) is 0.205. The van der Waals surface area contributed by atoms with Crippen LogP contribution in [0.15, 0.2) is 109 Å². The van der Waals surface area contributed by atoms with E-state index in [-0.39, 0.29) is 11.3 Å². The third kappa shape index (κ3) is 4.86. The Bertz CT molecular complexity index is 1310. The van der Waals surface area contributed by atoms with Crippen LogP contribution in [0.5, 0.6) is 0 Å². The third-order valence-electron chi connectivity index (χ3n) is 7.76. The average Bonchev–Trinajstić information content (AvgIpc) is 3.27. The first kappa shape index (κ1) is 25.0. The van der Waals surface area contributed by atoms with E-state index in [1.807, 2.05) is 0 Å². The van der Waals surface area contributed by atoms with Gasteiger partial charge in [0.15, 0.2) is 0 Å². The van der Waals surface area contributed by atoms with Gasteiger partial charge in [0.25, 0.3) is 0 Å². The molecule has 1 aliphatic rings. The Kier molecular flexibility index (Phi) is 6.78. The Morgan fingerprint density at radius 3 is 1.35 bits per heavy atom. The maximum atomic E-state index is 2.45. The van der Waals surface area contributed by atoms with Crippen molar-refractivity contribution in [3.8, 4) is 0 Å². The summed E-state index contributed by atoms with van der Waals surface area (Å²) < 4.78 is 0. The molecule has 0 heteroatoms. The first-order valence-electron chi connectivity index (χ1n) is 13.4. The van der Waals surface area contributed by atoms with Crippen molar-refractivity contribution >= 4 is 0 Å². The minimum Gasteiger partial charge on any atom is -0.0758 e. The summed E-state index contributed by atoms with van der Waals surface area (Å²) in [6, 6.07) is 32.3. The van der Waals surface area contributed by atoms with Gasteiger partial charge in [0.1, 0.15) is 0 Å². The van der Waals surface area contributed by atoms with Gasteiger partial charge < -0.3 is 0 Å². The molecule has 1 aliphatic carbocycles. The molecular formula is C37H38. The monoisotopic (exact) mass is 482 g/mol. The quantitative estimate of drug-likeness (QED) is 0.240. The van der Waals surface area contributed by atoms with E-state index in [0.29, 0.717) is 0 Å². The van der Waals surface area contributed by atoms with Crippen LogP contribution in [-0.2, 0) is 11.8 Å². The molecule has 0 bridgehead atoms. The van der Waals surface area contributed by atoms with Crippen LogP contribution >= 0.6 is 0 Å². The maximum absolute atomic E-state index is 2.45. The zero-order valence-electron chi connectivity index (χ0n) is 23.1. The van der Waals surface area contributed by atoms with Gasteiger partial charge in [0.2, 0.25) is 0 Å². The van der Waals surface area contributed by atoms with Gasteiger partial charge in [-0.1, -0.05) is 142 Å². The lowest BCUT2D eigenvalue weighted by Crippen LogP contribution is -2.38. The zero-order chi connectivity index (χ0) is 26.2. The lowest BCUT2D eigenvalue weighted by Gasteiger charge is -2.43. The van der Waals surface area contributed by atoms with E-state index in [1.54, 1.807) is 0 Å². The van der Waals surface area contributed by atoms with Crippen LogP contribution in [-0.4, -0.2) is 0 Å². The molecule has 0 fully saturated rings. The van der Waals surface area contributed by atoms with Gasteiger partial charge in [-0.2, -0.15) is 0 Å². The van der Waals surface area contributed by atoms with Crippen molar-refractivity contribution in [1.29, 1.82) is 0 Å². The number of hydrogen-bond donors (Lipinski definition) is 0. The molecule has 4 aromatic rings. The van der Waals surface area contributed by atoms with Crippen LogP contribution in [0.1, 0.15) is 55.6 Å². The van der Waals surface area contributed by atoms with Gasteiger partial charge in [0.05, 0.1) is 5.41 Å². The molecule has 0 amide bonds. The molecule has 0 radical (unpaired) electrons. The molecule has 0 saturated heterocycles. The van der Waals surface area contributed by atoms with Crippen molar-refractivity contribution in [3.05, 3.63) is 164 Å². The van der Waals surface area contributed by atoms with Gasteiger partial charge in [-0.15, -0.1) is 0 Å². The van der Waals surface area contributed by atoms with Gasteiger partial charge >= 0.3 is 0 Å². The van der Waals surface area contributed by atoms with Crippen molar-refractivity contribution in [2.24, 2.45) is 5.92 Å². The molecule has 186 valence electrons. The van der Waals surface area contributed by atoms with Gasteiger partial charge in [-0.25, -0.2) is 0 Å². The second-order valence-electron chi connectivity index (χ2n) is 11.2. The van der Waals surface area contributed by atoms with E-state index in [9.17, 15) is 0 Å². The van der Waals surface area contributed by atoms with Crippen LogP contribution < -0.4 is 0 Å². The molecule has 0 saturated carbocycles. The molecule has 37 heavy (non-hydrogen) atoms. The molecule has 0 nitrogen and oxygen atoms in total. The van der Waals surface area contributed by atoms with Crippen LogP contribution in [0.2, 0.25) is 0 Å². The number of rotatable bonds is 6. The zero-order valence-corrected chi connectivity index (χ0v) is 23.1. The second kappa shape index (κ2) is 10.0. The molecule has 0 heterocycles. The Labute approximate surface area is 223 Å². The van der Waals surface area contributed by atoms with Crippen molar-refractivity contribution < 1.29 is 0 Å². The molecule has 1 unspecified atom stereocenters. The van der Waals surface area contributed by atoms with E-state index < -0.39 is 0 Å². The molecule has 0 N–H and O–H groups in total. The fourth-order valence-electron chi connectivity index (χ4n) is 6.59. The highest BCUT2D eigenvalue weighted by Gasteiger charge is 2.45. The van der Waals surface area contributed by atoms with E-state index in [1.165, 1.54) is 61.2 Å². The van der Waals surface area contributed by atoms with E-state index >= 15 is 0 Å². The highest BCUT2D eigenvalue weighted by atomic mass is 14.5. The van der Waals surface area contributed by atoms with Crippen molar-refractivity contribution in [1.82, 2.24) is 0 Å². The fourth-order valence-corrected chi connectivity index (χ4v) is 6.59. The Morgan fingerprint density at radius 2 is 0.946 bits per heavy atom. The van der Waals surface area contributed by atoms with E-state index in [0.717, 1.165) is 6.42 Å². The number of benzene rings is 4. The predicted octanol–water partition coefficient (Wildman–Crippen LogP) is 9.23. The Hall–Kier alpha value is -3.64. The number of aryl methyl sites for hydroxylation is 6. The van der Waals surface area contributed by atoms with E-state index in [4.69, 9.17) is 0 Å². The van der Waals surface area contributed by atoms with Crippen molar-refractivity contribution in [2.45, 2.75) is 53.4 Å². The standard InChI is InChI=1S/C37H38/c1-25-15-26(2)19-33(18-25)37(34-20-27(3)16-28(4)21-34,35-22-29(5)17-30(6)23-35)36-14-10-13-32(36)24-31-11-8-7-9-12-31/h7-23,36H,24H2,1-6H3. The summed E-state index contributed by atoms with van der Waals surface area (Å²) in [4.78, 5) is 0. The summed E-state index contributed by atoms with van der Waals surface area (Å²) in [5, 5.41) is 0.